The number of hydrogen-bond donors (Lipinski definition) is 0. The monoisotopic (exact) mass is 444 g/mol. The van der Waals surface area contributed by atoms with Gasteiger partial charge in [-0.2, -0.15) is 0 Å². The van der Waals surface area contributed by atoms with E-state index >= 15 is 0 Å². The average molecular weight is 445 g/mol. The van der Waals surface area contributed by atoms with Gasteiger partial charge >= 0.3 is 0 Å². The number of fused-ring (bicyclic) bond motifs is 2. The van der Waals surface area contributed by atoms with Gasteiger partial charge in [-0.1, -0.05) is 23.4 Å². The lowest BCUT2D eigenvalue weighted by Crippen LogP contribution is -2.57. The van der Waals surface area contributed by atoms with Crippen molar-refractivity contribution in [3.63, 3.8) is 0 Å². The van der Waals surface area contributed by atoms with Crippen molar-refractivity contribution in [2.75, 3.05) is 37.7 Å². The minimum atomic E-state index is 0.535. The van der Waals surface area contributed by atoms with Gasteiger partial charge in [0.1, 0.15) is 0 Å². The van der Waals surface area contributed by atoms with E-state index in [1.807, 2.05) is 47.6 Å². The van der Waals surface area contributed by atoms with Gasteiger partial charge in [-0.3, -0.25) is 4.90 Å². The van der Waals surface area contributed by atoms with Gasteiger partial charge in [-0.05, 0) is 30.5 Å². The number of pyridine rings is 1. The van der Waals surface area contributed by atoms with E-state index in [9.17, 15) is 0 Å². The molecule has 0 N–H and O–H groups in total. The van der Waals surface area contributed by atoms with Crippen molar-refractivity contribution in [1.82, 2.24) is 24.6 Å². The van der Waals surface area contributed by atoms with Crippen LogP contribution in [0.1, 0.15) is 18.4 Å². The van der Waals surface area contributed by atoms with E-state index in [-0.39, 0.29) is 0 Å². The second-order valence-electron chi connectivity index (χ2n) is 9.09. The normalized spacial score (nSPS) is 21.3. The molecule has 3 aromatic heterocycles. The molecule has 8 nitrogen and oxygen atoms in total. The quantitative estimate of drug-likeness (QED) is 0.451. The fraction of sp³-hybridized carbons (Fsp3) is 0.400. The Morgan fingerprint density at radius 3 is 2.91 bits per heavy atom. The molecular weight excluding hydrogens is 416 g/mol. The summed E-state index contributed by atoms with van der Waals surface area (Å²) in [6.07, 6.45) is 9.79. The van der Waals surface area contributed by atoms with E-state index in [1.54, 1.807) is 6.20 Å². The number of hydrogen-bond acceptors (Lipinski definition) is 7. The van der Waals surface area contributed by atoms with Gasteiger partial charge in [0.15, 0.2) is 11.4 Å². The van der Waals surface area contributed by atoms with Crippen LogP contribution in [0.4, 0.5) is 5.82 Å². The molecule has 2 aliphatic heterocycles. The molecular formula is C25H28N6O2. The van der Waals surface area contributed by atoms with Crippen molar-refractivity contribution in [3.8, 4) is 5.88 Å². The largest absolute Gasteiger partial charge is 0.477 e. The lowest BCUT2D eigenvalue weighted by Gasteiger charge is -2.46. The van der Waals surface area contributed by atoms with Crippen LogP contribution in [0.2, 0.25) is 0 Å². The molecule has 0 unspecified atom stereocenters. The third-order valence-electron chi connectivity index (χ3n) is 6.85. The Hall–Kier alpha value is -3.39. The van der Waals surface area contributed by atoms with Crippen molar-refractivity contribution < 1.29 is 9.26 Å². The number of imidazole rings is 1. The second-order valence-corrected chi connectivity index (χ2v) is 9.09. The van der Waals surface area contributed by atoms with Crippen LogP contribution in [0.5, 0.6) is 5.88 Å². The summed E-state index contributed by atoms with van der Waals surface area (Å²) in [6, 6.07) is 12.7. The first kappa shape index (κ1) is 20.2. The first-order valence-corrected chi connectivity index (χ1v) is 11.7. The summed E-state index contributed by atoms with van der Waals surface area (Å²) >= 11 is 0. The van der Waals surface area contributed by atoms with E-state index in [4.69, 9.17) is 9.26 Å². The molecule has 170 valence electrons. The van der Waals surface area contributed by atoms with Crippen LogP contribution in [-0.4, -0.2) is 63.4 Å². The molecule has 0 amide bonds. The minimum Gasteiger partial charge on any atom is -0.477 e. The molecule has 1 aromatic carbocycles. The maximum Gasteiger partial charge on any atom is 0.213 e. The lowest BCUT2D eigenvalue weighted by molar-refractivity contribution is 0.0717. The standard InChI is InChI=1S/C25H28N6O2/c1-2-4-23-22(3-1)25(28-33-23)31-12-11-30-15-20(5-7-21(30)16-31)17-32-24-8-6-19(13-27-24)14-29-10-9-26-18-29/h1-4,6,8-10,13,18,20-21H,5,7,11-12,14-17H2/t20-,21+/m1/s1. The summed E-state index contributed by atoms with van der Waals surface area (Å²) in [5.74, 6) is 2.22. The zero-order valence-electron chi connectivity index (χ0n) is 18.6. The van der Waals surface area contributed by atoms with Crippen molar-refractivity contribution >= 4 is 16.8 Å². The van der Waals surface area contributed by atoms with Crippen molar-refractivity contribution in [1.29, 1.82) is 0 Å². The fourth-order valence-corrected chi connectivity index (χ4v) is 5.07. The summed E-state index contributed by atoms with van der Waals surface area (Å²) in [7, 11) is 0. The highest BCUT2D eigenvalue weighted by Crippen LogP contribution is 2.31. The molecule has 0 aliphatic carbocycles. The highest BCUT2D eigenvalue weighted by atomic mass is 16.5. The molecule has 0 bridgehead atoms. The number of anilines is 1. The number of aromatic nitrogens is 4. The minimum absolute atomic E-state index is 0.535. The summed E-state index contributed by atoms with van der Waals surface area (Å²) in [4.78, 5) is 13.6. The van der Waals surface area contributed by atoms with Gasteiger partial charge < -0.3 is 18.7 Å². The van der Waals surface area contributed by atoms with Crippen LogP contribution in [-0.2, 0) is 6.54 Å². The Balaban J connectivity index is 1.01. The molecule has 8 heteroatoms. The average Bonchev–Trinajstić information content (AvgIpc) is 3.53. The van der Waals surface area contributed by atoms with E-state index in [0.717, 1.165) is 55.1 Å². The smallest absolute Gasteiger partial charge is 0.213 e. The number of ether oxygens (including phenoxy) is 1. The molecule has 0 spiro atoms. The fourth-order valence-electron chi connectivity index (χ4n) is 5.07. The van der Waals surface area contributed by atoms with Crippen LogP contribution < -0.4 is 9.64 Å². The molecule has 33 heavy (non-hydrogen) atoms. The van der Waals surface area contributed by atoms with Gasteiger partial charge in [0.05, 0.1) is 24.9 Å². The summed E-state index contributed by atoms with van der Waals surface area (Å²) in [5.41, 5.74) is 2.00. The second kappa shape index (κ2) is 8.86. The van der Waals surface area contributed by atoms with Crippen molar-refractivity contribution in [2.45, 2.75) is 25.4 Å². The molecule has 0 radical (unpaired) electrons. The van der Waals surface area contributed by atoms with Gasteiger partial charge in [0.25, 0.3) is 0 Å². The Kier molecular flexibility index (Phi) is 5.43. The predicted octanol–water partition coefficient (Wildman–Crippen LogP) is 3.45. The Bertz CT molecular complexity index is 1190. The van der Waals surface area contributed by atoms with Crippen LogP contribution >= 0.6 is 0 Å². The van der Waals surface area contributed by atoms with Gasteiger partial charge in [0, 0.05) is 62.8 Å². The highest BCUT2D eigenvalue weighted by molar-refractivity contribution is 5.88. The van der Waals surface area contributed by atoms with E-state index < -0.39 is 0 Å². The van der Waals surface area contributed by atoms with Gasteiger partial charge in [-0.15, -0.1) is 0 Å². The number of nitrogens with zero attached hydrogens (tertiary/aromatic N) is 6. The highest BCUT2D eigenvalue weighted by Gasteiger charge is 2.34. The molecule has 2 saturated heterocycles. The summed E-state index contributed by atoms with van der Waals surface area (Å²) < 4.78 is 13.6. The molecule has 0 saturated carbocycles. The maximum atomic E-state index is 6.05. The first-order valence-electron chi connectivity index (χ1n) is 11.7. The van der Waals surface area contributed by atoms with Crippen LogP contribution in [0.3, 0.4) is 0 Å². The van der Waals surface area contributed by atoms with Gasteiger partial charge in [-0.25, -0.2) is 9.97 Å². The molecule has 4 aromatic rings. The predicted molar refractivity (Wildman–Crippen MR) is 125 cm³/mol. The van der Waals surface area contributed by atoms with E-state index in [0.29, 0.717) is 24.4 Å². The molecule has 2 atom stereocenters. The Morgan fingerprint density at radius 2 is 2.03 bits per heavy atom. The molecule has 2 fully saturated rings. The Labute approximate surface area is 192 Å². The number of para-hydroxylation sites is 1. The third-order valence-corrected chi connectivity index (χ3v) is 6.85. The number of rotatable bonds is 6. The lowest BCUT2D eigenvalue weighted by atomic mass is 9.91. The molecule has 5 heterocycles. The number of piperazine rings is 1. The van der Waals surface area contributed by atoms with Crippen LogP contribution in [0, 0.1) is 5.92 Å². The van der Waals surface area contributed by atoms with E-state index in [2.05, 4.69) is 37.1 Å². The van der Waals surface area contributed by atoms with Crippen molar-refractivity contribution in [2.24, 2.45) is 5.92 Å². The summed E-state index contributed by atoms with van der Waals surface area (Å²) in [5, 5.41) is 5.47. The van der Waals surface area contributed by atoms with Gasteiger partial charge in [0.2, 0.25) is 5.88 Å². The van der Waals surface area contributed by atoms with Crippen molar-refractivity contribution in [3.05, 3.63) is 66.9 Å². The SMILES string of the molecule is c1ccc2c(N3CCN4C[C@H](COc5ccc(Cn6ccnc6)cn5)CC[C@H]4C3)noc2c1. The molecule has 6 rings (SSSR count). The maximum absolute atomic E-state index is 6.05. The Morgan fingerprint density at radius 1 is 1.06 bits per heavy atom. The zero-order chi connectivity index (χ0) is 22.0. The van der Waals surface area contributed by atoms with E-state index in [1.165, 1.54) is 12.8 Å². The molecule has 2 aliphatic rings. The first-order chi connectivity index (χ1) is 16.3. The summed E-state index contributed by atoms with van der Waals surface area (Å²) in [6.45, 7) is 5.59. The van der Waals surface area contributed by atoms with Crippen LogP contribution in [0.15, 0.2) is 65.8 Å². The zero-order valence-corrected chi connectivity index (χ0v) is 18.6. The topological polar surface area (TPSA) is 72.5 Å². The number of benzene rings is 1. The van der Waals surface area contributed by atoms with Crippen LogP contribution in [0.25, 0.3) is 11.0 Å². The third kappa shape index (κ3) is 4.30. The number of piperidine rings is 1.